The summed E-state index contributed by atoms with van der Waals surface area (Å²) >= 11 is 0. The van der Waals surface area contributed by atoms with E-state index < -0.39 is 0 Å². The Bertz CT molecular complexity index is 93.1. The van der Waals surface area contributed by atoms with Crippen LogP contribution >= 0.6 is 0 Å². The van der Waals surface area contributed by atoms with Gasteiger partial charge >= 0.3 is 0 Å². The largest absolute Gasteiger partial charge is 0.372 e. The molecule has 0 saturated heterocycles. The highest BCUT2D eigenvalue weighted by atomic mass is 16.5. The molecule has 0 N–H and O–H groups in total. The first-order valence-electron chi connectivity index (χ1n) is 2.84. The highest BCUT2D eigenvalue weighted by Gasteiger charge is 1.92. The predicted molar refractivity (Wildman–Crippen MR) is 36.3 cm³/mol. The number of hydrogen-bond acceptors (Lipinski definition) is 3. The van der Waals surface area contributed by atoms with E-state index >= 15 is 0 Å². The maximum absolute atomic E-state index is 9.52. The zero-order valence-electron chi connectivity index (χ0n) is 5.54. The molecule has 3 heteroatoms. The van der Waals surface area contributed by atoms with E-state index in [-0.39, 0.29) is 12.6 Å². The van der Waals surface area contributed by atoms with Crippen LogP contribution in [0, 0.1) is 4.91 Å². The van der Waals surface area contributed by atoms with Gasteiger partial charge in [0.2, 0.25) is 0 Å². The minimum atomic E-state index is 0.0201. The van der Waals surface area contributed by atoms with Crippen LogP contribution < -0.4 is 0 Å². The smallest absolute Gasteiger partial charge is 0.104 e. The second kappa shape index (κ2) is 5.44. The summed E-state index contributed by atoms with van der Waals surface area (Å²) in [6.07, 6.45) is 1.69. The molecule has 0 aromatic heterocycles. The van der Waals surface area contributed by atoms with Crippen LogP contribution in [0.5, 0.6) is 0 Å². The van der Waals surface area contributed by atoms with Crippen molar-refractivity contribution in [3.05, 3.63) is 17.6 Å². The van der Waals surface area contributed by atoms with Crippen LogP contribution in [-0.4, -0.2) is 19.3 Å². The fourth-order valence-electron chi connectivity index (χ4n) is 0.344. The molecule has 0 aliphatic rings. The third-order valence-electron chi connectivity index (χ3n) is 0.895. The van der Waals surface area contributed by atoms with Crippen LogP contribution in [-0.2, 0) is 4.74 Å². The van der Waals surface area contributed by atoms with Crippen molar-refractivity contribution in [2.75, 3.05) is 13.2 Å². The van der Waals surface area contributed by atoms with Gasteiger partial charge in [-0.1, -0.05) is 11.3 Å². The minimum Gasteiger partial charge on any atom is -0.372 e. The van der Waals surface area contributed by atoms with Gasteiger partial charge in [0.05, 0.1) is 12.7 Å². The van der Waals surface area contributed by atoms with Gasteiger partial charge in [-0.25, -0.2) is 0 Å². The lowest BCUT2D eigenvalue weighted by atomic mass is 10.4. The van der Waals surface area contributed by atoms with Gasteiger partial charge in [-0.2, -0.15) is 4.91 Å². The van der Waals surface area contributed by atoms with E-state index in [4.69, 9.17) is 4.74 Å². The maximum Gasteiger partial charge on any atom is 0.104 e. The van der Waals surface area contributed by atoms with Gasteiger partial charge in [0.15, 0.2) is 0 Å². The van der Waals surface area contributed by atoms with E-state index in [2.05, 4.69) is 11.8 Å². The van der Waals surface area contributed by atoms with Gasteiger partial charge in [-0.3, -0.25) is 0 Å². The van der Waals surface area contributed by atoms with E-state index in [1.54, 1.807) is 6.08 Å². The zero-order valence-corrected chi connectivity index (χ0v) is 5.54. The number of rotatable bonds is 5. The lowest BCUT2D eigenvalue weighted by molar-refractivity contribution is 0.104. The van der Waals surface area contributed by atoms with Gasteiger partial charge in [-0.05, 0) is 6.92 Å². The van der Waals surface area contributed by atoms with Crippen molar-refractivity contribution in [3.8, 4) is 0 Å². The number of nitroso groups, excluding NO2 is 1. The van der Waals surface area contributed by atoms with Crippen molar-refractivity contribution >= 4 is 0 Å². The Kier molecular flexibility index (Phi) is 5.01. The van der Waals surface area contributed by atoms with Crippen LogP contribution in [0.25, 0.3) is 0 Å². The van der Waals surface area contributed by atoms with Crippen LogP contribution in [0.2, 0.25) is 0 Å². The van der Waals surface area contributed by atoms with E-state index in [9.17, 15) is 4.91 Å². The molecule has 0 aromatic rings. The number of nitrogens with zero attached hydrogens (tertiary/aromatic N) is 1. The quantitative estimate of drug-likeness (QED) is 0.319. The molecule has 0 saturated carbocycles. The molecule has 0 heterocycles. The third-order valence-corrected chi connectivity index (χ3v) is 0.895. The van der Waals surface area contributed by atoms with E-state index in [0.29, 0.717) is 6.61 Å². The molecule has 9 heavy (non-hydrogen) atoms. The van der Waals surface area contributed by atoms with Crippen molar-refractivity contribution in [1.29, 1.82) is 0 Å². The molecular formula is C6H11NO2. The number of hydrogen-bond donors (Lipinski definition) is 0. The maximum atomic E-state index is 9.52. The molecule has 1 unspecified atom stereocenters. The second-order valence-electron chi connectivity index (χ2n) is 1.66. The average molecular weight is 129 g/mol. The van der Waals surface area contributed by atoms with E-state index in [0.717, 1.165) is 0 Å². The van der Waals surface area contributed by atoms with Crippen molar-refractivity contribution in [3.63, 3.8) is 0 Å². The standard InChI is InChI=1S/C6H11NO2/c1-3-6(2)9-5-4-7-8/h3,6H,1,4-5H2,2H3. The Labute approximate surface area is 54.7 Å². The lowest BCUT2D eigenvalue weighted by Gasteiger charge is -2.03. The monoisotopic (exact) mass is 129 g/mol. The normalized spacial score (nSPS) is 12.6. The van der Waals surface area contributed by atoms with Gasteiger partial charge < -0.3 is 4.74 Å². The molecule has 0 aliphatic heterocycles. The molecule has 0 bridgehead atoms. The van der Waals surface area contributed by atoms with Gasteiger partial charge in [0.25, 0.3) is 0 Å². The molecule has 0 amide bonds. The van der Waals surface area contributed by atoms with Crippen LogP contribution in [0.3, 0.4) is 0 Å². The first-order chi connectivity index (χ1) is 4.31. The topological polar surface area (TPSA) is 38.7 Å². The Balaban J connectivity index is 3.05. The summed E-state index contributed by atoms with van der Waals surface area (Å²) in [5.74, 6) is 0. The van der Waals surface area contributed by atoms with E-state index in [1.807, 2.05) is 6.92 Å². The third kappa shape index (κ3) is 5.17. The van der Waals surface area contributed by atoms with Gasteiger partial charge in [-0.15, -0.1) is 6.58 Å². The summed E-state index contributed by atoms with van der Waals surface area (Å²) in [6.45, 7) is 5.97. The first kappa shape index (κ1) is 8.30. The van der Waals surface area contributed by atoms with Crippen LogP contribution in [0.1, 0.15) is 6.92 Å². The predicted octanol–water partition coefficient (Wildman–Crippen LogP) is 1.34. The zero-order chi connectivity index (χ0) is 7.11. The SMILES string of the molecule is C=CC(C)OCCN=O. The first-order valence-corrected chi connectivity index (χ1v) is 2.84. The molecule has 1 atom stereocenters. The van der Waals surface area contributed by atoms with Crippen molar-refractivity contribution in [1.82, 2.24) is 0 Å². The summed E-state index contributed by atoms with van der Waals surface area (Å²) in [6, 6.07) is 0. The van der Waals surface area contributed by atoms with Crippen LogP contribution in [0.15, 0.2) is 17.8 Å². The lowest BCUT2D eigenvalue weighted by Crippen LogP contribution is -2.06. The summed E-state index contributed by atoms with van der Waals surface area (Å²) in [4.78, 5) is 9.52. The fraction of sp³-hybridized carbons (Fsp3) is 0.667. The molecule has 0 aliphatic carbocycles. The number of ether oxygens (including phenoxy) is 1. The highest BCUT2D eigenvalue weighted by Crippen LogP contribution is 1.89. The fourth-order valence-corrected chi connectivity index (χ4v) is 0.344. The molecule has 0 radical (unpaired) electrons. The molecule has 0 spiro atoms. The highest BCUT2D eigenvalue weighted by molar-refractivity contribution is 4.74. The second-order valence-corrected chi connectivity index (χ2v) is 1.66. The van der Waals surface area contributed by atoms with Crippen molar-refractivity contribution in [2.45, 2.75) is 13.0 Å². The summed E-state index contributed by atoms with van der Waals surface area (Å²) in [7, 11) is 0. The molecular weight excluding hydrogens is 118 g/mol. The Morgan fingerprint density at radius 2 is 2.56 bits per heavy atom. The summed E-state index contributed by atoms with van der Waals surface area (Å²) in [5.41, 5.74) is 0. The molecule has 0 aromatic carbocycles. The Hall–Kier alpha value is -0.700. The van der Waals surface area contributed by atoms with Gasteiger partial charge in [0.1, 0.15) is 6.54 Å². The molecule has 0 rings (SSSR count). The Morgan fingerprint density at radius 1 is 1.89 bits per heavy atom. The van der Waals surface area contributed by atoms with Crippen molar-refractivity contribution in [2.24, 2.45) is 5.18 Å². The van der Waals surface area contributed by atoms with Crippen LogP contribution in [0.4, 0.5) is 0 Å². The average Bonchev–Trinajstić information content (AvgIpc) is 1.89. The van der Waals surface area contributed by atoms with E-state index in [1.165, 1.54) is 0 Å². The summed E-state index contributed by atoms with van der Waals surface area (Å²) in [5, 5.41) is 2.63. The molecule has 3 nitrogen and oxygen atoms in total. The van der Waals surface area contributed by atoms with Gasteiger partial charge in [0, 0.05) is 0 Å². The minimum absolute atomic E-state index is 0.0201. The summed E-state index contributed by atoms with van der Waals surface area (Å²) < 4.78 is 5.02. The molecule has 0 fully saturated rings. The molecule has 52 valence electrons. The Morgan fingerprint density at radius 3 is 3.00 bits per heavy atom. The van der Waals surface area contributed by atoms with Crippen molar-refractivity contribution < 1.29 is 4.74 Å².